The fourth-order valence-electron chi connectivity index (χ4n) is 3.92. The molecule has 0 radical (unpaired) electrons. The Balaban J connectivity index is 2.09. The topological polar surface area (TPSA) is 41.9 Å². The van der Waals surface area contributed by atoms with E-state index in [9.17, 15) is 4.79 Å². The van der Waals surface area contributed by atoms with Crippen LogP contribution in [0.1, 0.15) is 86.0 Å². The van der Waals surface area contributed by atoms with E-state index in [1.54, 1.807) is 5.57 Å². The molecule has 0 bridgehead atoms. The molecule has 0 aromatic rings. The summed E-state index contributed by atoms with van der Waals surface area (Å²) in [6.07, 6.45) is 9.13. The molecule has 0 N–H and O–H groups in total. The van der Waals surface area contributed by atoms with Gasteiger partial charge in [0.05, 0.1) is 11.1 Å². The normalized spacial score (nSPS) is 23.1. The van der Waals surface area contributed by atoms with Crippen molar-refractivity contribution in [1.29, 1.82) is 0 Å². The highest BCUT2D eigenvalue weighted by Crippen LogP contribution is 2.36. The summed E-state index contributed by atoms with van der Waals surface area (Å²) >= 11 is 0. The van der Waals surface area contributed by atoms with Gasteiger partial charge >= 0.3 is 5.97 Å². The van der Waals surface area contributed by atoms with Gasteiger partial charge < -0.3 is 9.74 Å². The van der Waals surface area contributed by atoms with Gasteiger partial charge in [0.2, 0.25) is 0 Å². The molecule has 1 atom stereocenters. The summed E-state index contributed by atoms with van der Waals surface area (Å²) in [5, 5.41) is 4.27. The van der Waals surface area contributed by atoms with Crippen molar-refractivity contribution in [3.05, 3.63) is 11.1 Å². The molecule has 4 nitrogen and oxygen atoms in total. The largest absolute Gasteiger partial charge is 0.340 e. The zero-order valence-electron chi connectivity index (χ0n) is 16.9. The molecule has 0 fully saturated rings. The van der Waals surface area contributed by atoms with Crippen LogP contribution in [0.4, 0.5) is 0 Å². The number of hydrogen-bond acceptors (Lipinski definition) is 4. The Morgan fingerprint density at radius 1 is 1.16 bits per heavy atom. The molecule has 0 aliphatic heterocycles. The van der Waals surface area contributed by atoms with Crippen LogP contribution in [0.2, 0.25) is 0 Å². The van der Waals surface area contributed by atoms with Crippen molar-refractivity contribution in [2.75, 3.05) is 13.1 Å². The van der Waals surface area contributed by atoms with Crippen LogP contribution in [-0.4, -0.2) is 35.7 Å². The van der Waals surface area contributed by atoms with Crippen molar-refractivity contribution in [2.45, 2.75) is 92.0 Å². The Kier molecular flexibility index (Phi) is 7.24. The average molecular weight is 349 g/mol. The summed E-state index contributed by atoms with van der Waals surface area (Å²) in [4.78, 5) is 19.9. The van der Waals surface area contributed by atoms with Gasteiger partial charge in [0.15, 0.2) is 0 Å². The number of carbonyl (C=O) groups excluding carboxylic acids is 1. The van der Waals surface area contributed by atoms with Crippen LogP contribution >= 0.6 is 0 Å². The van der Waals surface area contributed by atoms with E-state index in [1.165, 1.54) is 50.8 Å². The molecular formula is C21H36N2O2. The predicted octanol–water partition coefficient (Wildman–Crippen LogP) is 5.09. The summed E-state index contributed by atoms with van der Waals surface area (Å²) in [5.41, 5.74) is 3.46. The Morgan fingerprint density at radius 2 is 1.84 bits per heavy atom. The summed E-state index contributed by atoms with van der Waals surface area (Å²) in [7, 11) is 0. The number of allylic oxidation sites excluding steroid dienone is 1. The third-order valence-electron chi connectivity index (χ3n) is 5.27. The molecule has 1 unspecified atom stereocenters. The van der Waals surface area contributed by atoms with Gasteiger partial charge in [-0.1, -0.05) is 24.6 Å². The first-order valence-corrected chi connectivity index (χ1v) is 10.1. The summed E-state index contributed by atoms with van der Waals surface area (Å²) in [5.74, 6) is -0.251. The van der Waals surface area contributed by atoms with Gasteiger partial charge in [-0.15, -0.1) is 0 Å². The van der Waals surface area contributed by atoms with Gasteiger partial charge in [-0.3, -0.25) is 0 Å². The lowest BCUT2D eigenvalue weighted by molar-refractivity contribution is -0.152. The number of oxime groups is 1. The first kappa shape index (κ1) is 20.2. The van der Waals surface area contributed by atoms with E-state index in [4.69, 9.17) is 4.84 Å². The van der Waals surface area contributed by atoms with Gasteiger partial charge in [0.1, 0.15) is 0 Å². The molecule has 0 saturated heterocycles. The minimum Gasteiger partial charge on any atom is -0.317 e. The molecule has 0 heterocycles. The SMILES string of the molecule is CCCN(CCC)C1CCC2=C(CCC/C2=N\OC(=O)C(C)(C)C)C1. The second-order valence-electron chi connectivity index (χ2n) is 8.53. The molecule has 0 spiro atoms. The lowest BCUT2D eigenvalue weighted by Gasteiger charge is -2.37. The highest BCUT2D eigenvalue weighted by Gasteiger charge is 2.30. The minimum atomic E-state index is -0.506. The Hall–Kier alpha value is -1.16. The molecule has 0 saturated carbocycles. The van der Waals surface area contributed by atoms with Gasteiger partial charge in [-0.2, -0.15) is 0 Å². The van der Waals surface area contributed by atoms with E-state index >= 15 is 0 Å². The zero-order chi connectivity index (χ0) is 18.4. The molecule has 0 aromatic heterocycles. The molecule has 0 aromatic carbocycles. The lowest BCUT2D eigenvalue weighted by atomic mass is 9.78. The summed E-state index contributed by atoms with van der Waals surface area (Å²) in [6.45, 7) is 12.5. The van der Waals surface area contributed by atoms with Gasteiger partial charge in [-0.05, 0) is 90.8 Å². The molecule has 142 valence electrons. The third kappa shape index (κ3) is 5.40. The van der Waals surface area contributed by atoms with Crippen molar-refractivity contribution in [2.24, 2.45) is 10.6 Å². The maximum Gasteiger partial charge on any atom is 0.340 e. The monoisotopic (exact) mass is 348 g/mol. The first-order chi connectivity index (χ1) is 11.9. The number of nitrogens with zero attached hydrogens (tertiary/aromatic N) is 2. The van der Waals surface area contributed by atoms with Crippen LogP contribution in [0, 0.1) is 5.41 Å². The third-order valence-corrected chi connectivity index (χ3v) is 5.27. The van der Waals surface area contributed by atoms with Crippen LogP contribution < -0.4 is 0 Å². The zero-order valence-corrected chi connectivity index (χ0v) is 16.9. The van der Waals surface area contributed by atoms with Crippen molar-refractivity contribution < 1.29 is 9.63 Å². The van der Waals surface area contributed by atoms with Crippen LogP contribution in [0.15, 0.2) is 16.3 Å². The molecule has 25 heavy (non-hydrogen) atoms. The molecular weight excluding hydrogens is 312 g/mol. The maximum absolute atomic E-state index is 12.0. The quantitative estimate of drug-likeness (QED) is 0.496. The van der Waals surface area contributed by atoms with Crippen molar-refractivity contribution in [3.63, 3.8) is 0 Å². The van der Waals surface area contributed by atoms with Gasteiger partial charge in [0, 0.05) is 6.04 Å². The van der Waals surface area contributed by atoms with Crippen LogP contribution in [0.5, 0.6) is 0 Å². The van der Waals surface area contributed by atoms with E-state index in [1.807, 2.05) is 20.8 Å². The van der Waals surface area contributed by atoms with E-state index in [-0.39, 0.29) is 5.97 Å². The molecule has 4 heteroatoms. The number of carbonyl (C=O) groups is 1. The van der Waals surface area contributed by atoms with Crippen LogP contribution in [-0.2, 0) is 9.63 Å². The smallest absolute Gasteiger partial charge is 0.317 e. The fraction of sp³-hybridized carbons (Fsp3) is 0.810. The fourth-order valence-corrected chi connectivity index (χ4v) is 3.92. The maximum atomic E-state index is 12.0. The standard InChI is InChI=1S/C21H36N2O2/c1-6-13-23(14-7-2)17-11-12-18-16(15-17)9-8-10-19(18)22-25-20(24)21(3,4)5/h17H,6-15H2,1-5H3/b22-19+. The summed E-state index contributed by atoms with van der Waals surface area (Å²) in [6, 6.07) is 0.676. The average Bonchev–Trinajstić information content (AvgIpc) is 2.58. The van der Waals surface area contributed by atoms with Crippen molar-refractivity contribution in [3.8, 4) is 0 Å². The minimum absolute atomic E-state index is 0.251. The first-order valence-electron chi connectivity index (χ1n) is 10.1. The van der Waals surface area contributed by atoms with E-state index < -0.39 is 5.41 Å². The Bertz CT molecular complexity index is 523. The molecule has 2 aliphatic carbocycles. The molecule has 0 amide bonds. The van der Waals surface area contributed by atoms with E-state index in [0.29, 0.717) is 6.04 Å². The number of rotatable bonds is 6. The van der Waals surface area contributed by atoms with Gasteiger partial charge in [0.25, 0.3) is 0 Å². The highest BCUT2D eigenvalue weighted by atomic mass is 16.7. The second-order valence-corrected chi connectivity index (χ2v) is 8.53. The van der Waals surface area contributed by atoms with Crippen molar-refractivity contribution >= 4 is 11.7 Å². The van der Waals surface area contributed by atoms with Gasteiger partial charge in [-0.25, -0.2) is 4.79 Å². The molecule has 2 rings (SSSR count). The predicted molar refractivity (Wildman–Crippen MR) is 104 cm³/mol. The second kappa shape index (κ2) is 8.98. The summed E-state index contributed by atoms with van der Waals surface area (Å²) < 4.78 is 0. The lowest BCUT2D eigenvalue weighted by Crippen LogP contribution is -2.39. The van der Waals surface area contributed by atoms with Crippen molar-refractivity contribution in [1.82, 2.24) is 4.90 Å². The van der Waals surface area contributed by atoms with Crippen LogP contribution in [0.3, 0.4) is 0 Å². The molecule has 2 aliphatic rings. The Morgan fingerprint density at radius 3 is 2.44 bits per heavy atom. The van der Waals surface area contributed by atoms with E-state index in [0.717, 1.165) is 25.0 Å². The Labute approximate surface area is 153 Å². The van der Waals surface area contributed by atoms with E-state index in [2.05, 4.69) is 23.9 Å². The highest BCUT2D eigenvalue weighted by molar-refractivity contribution is 6.01. The van der Waals surface area contributed by atoms with Crippen LogP contribution in [0.25, 0.3) is 0 Å². The number of hydrogen-bond donors (Lipinski definition) is 0.